The van der Waals surface area contributed by atoms with E-state index in [1.807, 2.05) is 0 Å². The van der Waals surface area contributed by atoms with Gasteiger partial charge in [-0.3, -0.25) is 0 Å². The minimum Gasteiger partial charge on any atom is -0.395 e. The zero-order valence-electron chi connectivity index (χ0n) is 10.5. The third-order valence-corrected chi connectivity index (χ3v) is 3.52. The first kappa shape index (κ1) is 12.3. The van der Waals surface area contributed by atoms with Crippen molar-refractivity contribution < 1.29 is 5.11 Å². The van der Waals surface area contributed by atoms with Crippen LogP contribution in [0.2, 0.25) is 0 Å². The first-order valence-corrected chi connectivity index (χ1v) is 6.53. The van der Waals surface area contributed by atoms with Gasteiger partial charge in [-0.2, -0.15) is 0 Å². The van der Waals surface area contributed by atoms with Crippen molar-refractivity contribution in [1.82, 2.24) is 9.97 Å². The van der Waals surface area contributed by atoms with E-state index < -0.39 is 0 Å². The Morgan fingerprint density at radius 1 is 1.35 bits per heavy atom. The second kappa shape index (κ2) is 5.96. The maximum Gasteiger partial charge on any atom is 0.132 e. The molecule has 1 fully saturated rings. The molecule has 0 radical (unpaired) electrons. The van der Waals surface area contributed by atoms with Crippen molar-refractivity contribution in [2.75, 3.05) is 24.6 Å². The van der Waals surface area contributed by atoms with Gasteiger partial charge in [-0.25, -0.2) is 9.97 Å². The molecule has 0 aliphatic heterocycles. The van der Waals surface area contributed by atoms with Crippen molar-refractivity contribution in [3.05, 3.63) is 18.1 Å². The summed E-state index contributed by atoms with van der Waals surface area (Å²) in [6.07, 6.45) is 6.80. The SMILES string of the molecule is CCN(CCO)c1cc(C2CCCC2)ncn1. The smallest absolute Gasteiger partial charge is 0.132 e. The molecule has 4 nitrogen and oxygen atoms in total. The quantitative estimate of drug-likeness (QED) is 0.847. The van der Waals surface area contributed by atoms with Gasteiger partial charge in [0.15, 0.2) is 0 Å². The summed E-state index contributed by atoms with van der Waals surface area (Å²) >= 11 is 0. The van der Waals surface area contributed by atoms with Gasteiger partial charge in [0.25, 0.3) is 0 Å². The molecule has 1 aromatic rings. The number of anilines is 1. The molecule has 0 bridgehead atoms. The summed E-state index contributed by atoms with van der Waals surface area (Å²) in [5.74, 6) is 1.56. The summed E-state index contributed by atoms with van der Waals surface area (Å²) in [7, 11) is 0. The summed E-state index contributed by atoms with van der Waals surface area (Å²) in [5, 5.41) is 9.02. The molecule has 1 heterocycles. The predicted octanol–water partition coefficient (Wildman–Crippen LogP) is 1.95. The molecule has 2 rings (SSSR count). The second-order valence-electron chi connectivity index (χ2n) is 4.59. The van der Waals surface area contributed by atoms with Crippen LogP contribution in [0.15, 0.2) is 12.4 Å². The lowest BCUT2D eigenvalue weighted by atomic mass is 10.0. The number of hydrogen-bond donors (Lipinski definition) is 1. The van der Waals surface area contributed by atoms with Gasteiger partial charge < -0.3 is 10.0 Å². The van der Waals surface area contributed by atoms with E-state index in [-0.39, 0.29) is 6.61 Å². The molecule has 1 aliphatic rings. The third-order valence-electron chi connectivity index (χ3n) is 3.52. The maximum atomic E-state index is 9.02. The van der Waals surface area contributed by atoms with Crippen molar-refractivity contribution in [1.29, 1.82) is 0 Å². The van der Waals surface area contributed by atoms with Crippen LogP contribution >= 0.6 is 0 Å². The third kappa shape index (κ3) is 2.94. The van der Waals surface area contributed by atoms with Gasteiger partial charge in [0.2, 0.25) is 0 Å². The van der Waals surface area contributed by atoms with E-state index in [4.69, 9.17) is 5.11 Å². The van der Waals surface area contributed by atoms with Crippen LogP contribution < -0.4 is 4.90 Å². The fourth-order valence-corrected chi connectivity index (χ4v) is 2.53. The number of aliphatic hydroxyl groups excluding tert-OH is 1. The summed E-state index contributed by atoms with van der Waals surface area (Å²) < 4.78 is 0. The standard InChI is InChI=1S/C13H21N3O/c1-2-16(7-8-17)13-9-12(14-10-15-13)11-5-3-4-6-11/h9-11,17H,2-8H2,1H3. The van der Waals surface area contributed by atoms with E-state index in [0.29, 0.717) is 12.5 Å². The molecular formula is C13H21N3O. The minimum atomic E-state index is 0.163. The van der Waals surface area contributed by atoms with Crippen molar-refractivity contribution >= 4 is 5.82 Å². The monoisotopic (exact) mass is 235 g/mol. The Balaban J connectivity index is 2.14. The van der Waals surface area contributed by atoms with Crippen LogP contribution in [-0.4, -0.2) is 34.8 Å². The lowest BCUT2D eigenvalue weighted by Crippen LogP contribution is -2.27. The Labute approximate surface area is 103 Å². The minimum absolute atomic E-state index is 0.163. The van der Waals surface area contributed by atoms with Crippen molar-refractivity contribution in [2.45, 2.75) is 38.5 Å². The zero-order valence-corrected chi connectivity index (χ0v) is 10.5. The van der Waals surface area contributed by atoms with Crippen LogP contribution in [-0.2, 0) is 0 Å². The van der Waals surface area contributed by atoms with Crippen molar-refractivity contribution in [3.8, 4) is 0 Å². The van der Waals surface area contributed by atoms with Gasteiger partial charge in [-0.15, -0.1) is 0 Å². The summed E-state index contributed by atoms with van der Waals surface area (Å²) in [4.78, 5) is 10.8. The van der Waals surface area contributed by atoms with Crippen molar-refractivity contribution in [2.24, 2.45) is 0 Å². The maximum absolute atomic E-state index is 9.02. The van der Waals surface area contributed by atoms with Crippen LogP contribution in [0, 0.1) is 0 Å². The van der Waals surface area contributed by atoms with E-state index >= 15 is 0 Å². The van der Waals surface area contributed by atoms with Crippen LogP contribution in [0.3, 0.4) is 0 Å². The largest absolute Gasteiger partial charge is 0.395 e. The topological polar surface area (TPSA) is 49.2 Å². The average Bonchev–Trinajstić information content (AvgIpc) is 2.90. The molecule has 4 heteroatoms. The molecule has 0 atom stereocenters. The number of aliphatic hydroxyl groups is 1. The van der Waals surface area contributed by atoms with E-state index in [1.165, 1.54) is 31.4 Å². The number of aromatic nitrogens is 2. The lowest BCUT2D eigenvalue weighted by Gasteiger charge is -2.21. The molecule has 1 N–H and O–H groups in total. The Bertz CT molecular complexity index is 350. The van der Waals surface area contributed by atoms with Gasteiger partial charge in [0.05, 0.1) is 6.61 Å². The highest BCUT2D eigenvalue weighted by atomic mass is 16.3. The van der Waals surface area contributed by atoms with Crippen molar-refractivity contribution in [3.63, 3.8) is 0 Å². The van der Waals surface area contributed by atoms with E-state index in [2.05, 4.69) is 27.9 Å². The molecule has 94 valence electrons. The molecular weight excluding hydrogens is 214 g/mol. The first-order chi connectivity index (χ1) is 8.35. The summed E-state index contributed by atoms with van der Waals surface area (Å²) in [5.41, 5.74) is 1.17. The molecule has 1 saturated carbocycles. The molecule has 1 aromatic heterocycles. The fourth-order valence-electron chi connectivity index (χ4n) is 2.53. The average molecular weight is 235 g/mol. The Hall–Kier alpha value is -1.16. The van der Waals surface area contributed by atoms with Gasteiger partial charge in [0, 0.05) is 30.8 Å². The van der Waals surface area contributed by atoms with E-state index in [0.717, 1.165) is 12.4 Å². The highest BCUT2D eigenvalue weighted by molar-refractivity contribution is 5.39. The Morgan fingerprint density at radius 2 is 2.12 bits per heavy atom. The first-order valence-electron chi connectivity index (χ1n) is 6.53. The molecule has 0 saturated heterocycles. The Kier molecular flexibility index (Phi) is 4.31. The van der Waals surface area contributed by atoms with E-state index in [9.17, 15) is 0 Å². The molecule has 0 unspecified atom stereocenters. The summed E-state index contributed by atoms with van der Waals surface area (Å²) in [6, 6.07) is 2.09. The molecule has 17 heavy (non-hydrogen) atoms. The highest BCUT2D eigenvalue weighted by Crippen LogP contribution is 2.33. The van der Waals surface area contributed by atoms with Gasteiger partial charge in [-0.05, 0) is 19.8 Å². The van der Waals surface area contributed by atoms with E-state index in [1.54, 1.807) is 6.33 Å². The Morgan fingerprint density at radius 3 is 2.76 bits per heavy atom. The number of nitrogens with zero attached hydrogens (tertiary/aromatic N) is 3. The fraction of sp³-hybridized carbons (Fsp3) is 0.692. The molecule has 0 spiro atoms. The van der Waals surface area contributed by atoms with Gasteiger partial charge in [-0.1, -0.05) is 12.8 Å². The van der Waals surface area contributed by atoms with Crippen LogP contribution in [0.4, 0.5) is 5.82 Å². The van der Waals surface area contributed by atoms with Gasteiger partial charge >= 0.3 is 0 Å². The zero-order chi connectivity index (χ0) is 12.1. The van der Waals surface area contributed by atoms with Gasteiger partial charge in [0.1, 0.15) is 12.1 Å². The van der Waals surface area contributed by atoms with Crippen LogP contribution in [0.25, 0.3) is 0 Å². The molecule has 0 aromatic carbocycles. The lowest BCUT2D eigenvalue weighted by molar-refractivity contribution is 0.302. The highest BCUT2D eigenvalue weighted by Gasteiger charge is 2.19. The normalized spacial score (nSPS) is 16.4. The number of likely N-dealkylation sites (N-methyl/N-ethyl adjacent to an activating group) is 1. The number of hydrogen-bond acceptors (Lipinski definition) is 4. The van der Waals surface area contributed by atoms with Crippen LogP contribution in [0.5, 0.6) is 0 Å². The van der Waals surface area contributed by atoms with Crippen LogP contribution in [0.1, 0.15) is 44.2 Å². The number of rotatable bonds is 5. The second-order valence-corrected chi connectivity index (χ2v) is 4.59. The predicted molar refractivity (Wildman–Crippen MR) is 68.2 cm³/mol. The molecule has 0 amide bonds. The summed E-state index contributed by atoms with van der Waals surface area (Å²) in [6.45, 7) is 3.74. The molecule has 1 aliphatic carbocycles.